The van der Waals surface area contributed by atoms with Crippen LogP contribution >= 0.6 is 15.9 Å². The number of rotatable bonds is 4. The summed E-state index contributed by atoms with van der Waals surface area (Å²) < 4.78 is 12.0. The third-order valence-corrected chi connectivity index (χ3v) is 3.94. The fourth-order valence-corrected chi connectivity index (χ4v) is 2.49. The summed E-state index contributed by atoms with van der Waals surface area (Å²) in [6.07, 6.45) is 1.54. The Kier molecular flexibility index (Phi) is 4.66. The molecule has 2 heterocycles. The lowest BCUT2D eigenvalue weighted by molar-refractivity contribution is 0.0928. The van der Waals surface area contributed by atoms with Gasteiger partial charge in [0.05, 0.1) is 6.21 Å². The van der Waals surface area contributed by atoms with Gasteiger partial charge in [0.2, 0.25) is 0 Å². The zero-order valence-corrected chi connectivity index (χ0v) is 14.8. The van der Waals surface area contributed by atoms with Gasteiger partial charge in [-0.2, -0.15) is 5.10 Å². The van der Waals surface area contributed by atoms with E-state index in [1.807, 2.05) is 44.2 Å². The second-order valence-electron chi connectivity index (χ2n) is 5.24. The van der Waals surface area contributed by atoms with Crippen molar-refractivity contribution < 1.29 is 13.6 Å². The number of nitrogens with one attached hydrogen (secondary N) is 1. The van der Waals surface area contributed by atoms with E-state index in [2.05, 4.69) is 26.5 Å². The first kappa shape index (κ1) is 16.3. The molecule has 122 valence electrons. The molecule has 24 heavy (non-hydrogen) atoms. The molecule has 0 atom stereocenters. The number of nitrogens with zero attached hydrogens (tertiary/aromatic N) is 1. The largest absolute Gasteiger partial charge is 0.466 e. The van der Waals surface area contributed by atoms with E-state index in [1.54, 1.807) is 18.3 Å². The quantitative estimate of drug-likeness (QED) is 0.522. The Labute approximate surface area is 147 Å². The summed E-state index contributed by atoms with van der Waals surface area (Å²) in [4.78, 5) is 12.1. The van der Waals surface area contributed by atoms with E-state index >= 15 is 0 Å². The van der Waals surface area contributed by atoms with Gasteiger partial charge in [0.25, 0.3) is 0 Å². The van der Waals surface area contributed by atoms with Crippen LogP contribution in [0.2, 0.25) is 0 Å². The summed E-state index contributed by atoms with van der Waals surface area (Å²) in [6.45, 7) is 3.70. The van der Waals surface area contributed by atoms with E-state index in [1.165, 1.54) is 0 Å². The molecule has 5 nitrogen and oxygen atoms in total. The number of hydrazone groups is 1. The van der Waals surface area contributed by atoms with Crippen molar-refractivity contribution in [2.75, 3.05) is 0 Å². The van der Waals surface area contributed by atoms with Gasteiger partial charge in [-0.15, -0.1) is 0 Å². The lowest BCUT2D eigenvalue weighted by Gasteiger charge is -1.98. The minimum atomic E-state index is -0.410. The fourth-order valence-electron chi connectivity index (χ4n) is 2.22. The second kappa shape index (κ2) is 6.88. The average Bonchev–Trinajstić information content (AvgIpc) is 3.15. The van der Waals surface area contributed by atoms with E-state index in [0.717, 1.165) is 27.1 Å². The van der Waals surface area contributed by atoms with Crippen LogP contribution in [0.4, 0.5) is 0 Å². The molecule has 0 aliphatic carbocycles. The highest BCUT2D eigenvalue weighted by atomic mass is 79.9. The van der Waals surface area contributed by atoms with Gasteiger partial charge in [-0.25, -0.2) is 5.43 Å². The number of hydrogen-bond donors (Lipinski definition) is 1. The van der Waals surface area contributed by atoms with Gasteiger partial charge in [-0.3, -0.25) is 4.79 Å². The predicted molar refractivity (Wildman–Crippen MR) is 95.1 cm³/mol. The molecule has 0 aliphatic heterocycles. The molecule has 0 bridgehead atoms. The molecule has 0 radical (unpaired) electrons. The molecule has 0 fully saturated rings. The monoisotopic (exact) mass is 386 g/mol. The first-order valence-corrected chi connectivity index (χ1v) is 8.08. The summed E-state index contributed by atoms with van der Waals surface area (Å²) in [5.41, 5.74) is 4.16. The number of halogens is 1. The molecule has 0 saturated carbocycles. The lowest BCUT2D eigenvalue weighted by atomic mass is 10.2. The van der Waals surface area contributed by atoms with Crippen molar-refractivity contribution in [3.05, 3.63) is 69.8 Å². The van der Waals surface area contributed by atoms with Crippen molar-refractivity contribution in [1.29, 1.82) is 0 Å². The van der Waals surface area contributed by atoms with Crippen LogP contribution in [0.25, 0.3) is 11.3 Å². The van der Waals surface area contributed by atoms with Crippen LogP contribution in [-0.2, 0) is 0 Å². The number of hydrogen-bond acceptors (Lipinski definition) is 4. The maximum Gasteiger partial charge on any atom is 0.307 e. The van der Waals surface area contributed by atoms with Crippen molar-refractivity contribution in [2.45, 2.75) is 13.8 Å². The van der Waals surface area contributed by atoms with Crippen molar-refractivity contribution in [3.8, 4) is 11.3 Å². The SMILES string of the molecule is Cc1cc(/C=N/NC(=O)c2ccc(-c3ccc(Br)cc3)o2)c(C)o1. The maximum absolute atomic E-state index is 12.1. The Balaban J connectivity index is 1.67. The highest BCUT2D eigenvalue weighted by Crippen LogP contribution is 2.24. The Morgan fingerprint density at radius 1 is 1.12 bits per heavy atom. The van der Waals surface area contributed by atoms with E-state index in [9.17, 15) is 4.79 Å². The molecule has 0 unspecified atom stereocenters. The average molecular weight is 387 g/mol. The Hall–Kier alpha value is -2.60. The predicted octanol–water partition coefficient (Wildman–Crippen LogP) is 4.68. The number of aryl methyl sites for hydroxylation is 2. The molecule has 0 aliphatic rings. The molecule has 0 spiro atoms. The van der Waals surface area contributed by atoms with E-state index in [4.69, 9.17) is 8.83 Å². The molecule has 3 aromatic rings. The first-order valence-electron chi connectivity index (χ1n) is 7.29. The van der Waals surface area contributed by atoms with Crippen molar-refractivity contribution in [1.82, 2.24) is 5.43 Å². The van der Waals surface area contributed by atoms with Gasteiger partial charge >= 0.3 is 5.91 Å². The second-order valence-corrected chi connectivity index (χ2v) is 6.15. The van der Waals surface area contributed by atoms with Gasteiger partial charge in [0.1, 0.15) is 17.3 Å². The molecule has 0 saturated heterocycles. The first-order chi connectivity index (χ1) is 11.5. The molecule has 1 aromatic carbocycles. The fraction of sp³-hybridized carbons (Fsp3) is 0.111. The van der Waals surface area contributed by atoms with Crippen molar-refractivity contribution >= 4 is 28.1 Å². The van der Waals surface area contributed by atoms with Gasteiger partial charge in [-0.1, -0.05) is 28.1 Å². The number of benzene rings is 1. The summed E-state index contributed by atoms with van der Waals surface area (Å²) in [5, 5.41) is 3.93. The van der Waals surface area contributed by atoms with E-state index < -0.39 is 5.91 Å². The van der Waals surface area contributed by atoms with E-state index in [0.29, 0.717) is 5.76 Å². The van der Waals surface area contributed by atoms with Crippen LogP contribution in [0.1, 0.15) is 27.6 Å². The Morgan fingerprint density at radius 3 is 2.54 bits per heavy atom. The maximum atomic E-state index is 12.1. The molecular formula is C18H15BrN2O3. The molecule has 3 rings (SSSR count). The van der Waals surface area contributed by atoms with Gasteiger partial charge in [0, 0.05) is 15.6 Å². The zero-order valence-electron chi connectivity index (χ0n) is 13.2. The van der Waals surface area contributed by atoms with Crippen LogP contribution in [0.5, 0.6) is 0 Å². The topological polar surface area (TPSA) is 67.7 Å². The van der Waals surface area contributed by atoms with Crippen LogP contribution in [-0.4, -0.2) is 12.1 Å². The van der Waals surface area contributed by atoms with Gasteiger partial charge in [0.15, 0.2) is 5.76 Å². The Bertz CT molecular complexity index is 891. The van der Waals surface area contributed by atoms with Gasteiger partial charge < -0.3 is 8.83 Å². The smallest absolute Gasteiger partial charge is 0.307 e. The normalized spacial score (nSPS) is 11.1. The highest BCUT2D eigenvalue weighted by molar-refractivity contribution is 9.10. The molecule has 6 heteroatoms. The molecular weight excluding hydrogens is 372 g/mol. The van der Waals surface area contributed by atoms with E-state index in [-0.39, 0.29) is 5.76 Å². The van der Waals surface area contributed by atoms with Crippen LogP contribution < -0.4 is 5.43 Å². The number of carbonyl (C=O) groups is 1. The summed E-state index contributed by atoms with van der Waals surface area (Å²) in [7, 11) is 0. The van der Waals surface area contributed by atoms with Crippen molar-refractivity contribution in [3.63, 3.8) is 0 Å². The number of furan rings is 2. The highest BCUT2D eigenvalue weighted by Gasteiger charge is 2.11. The van der Waals surface area contributed by atoms with Crippen molar-refractivity contribution in [2.24, 2.45) is 5.10 Å². The lowest BCUT2D eigenvalue weighted by Crippen LogP contribution is -2.16. The van der Waals surface area contributed by atoms with Gasteiger partial charge in [-0.05, 0) is 44.2 Å². The Morgan fingerprint density at radius 2 is 1.88 bits per heavy atom. The number of carbonyl (C=O) groups excluding carboxylic acids is 1. The molecule has 1 amide bonds. The molecule has 1 N–H and O–H groups in total. The standard InChI is InChI=1S/C18H15BrN2O3/c1-11-9-14(12(2)23-11)10-20-21-18(22)17-8-7-16(24-17)13-3-5-15(19)6-4-13/h3-10H,1-2H3,(H,21,22)/b20-10+. The minimum absolute atomic E-state index is 0.199. The van der Waals surface area contributed by atoms with Crippen LogP contribution in [0, 0.1) is 13.8 Å². The third kappa shape index (κ3) is 3.65. The minimum Gasteiger partial charge on any atom is -0.466 e. The number of amides is 1. The third-order valence-electron chi connectivity index (χ3n) is 3.41. The van der Waals surface area contributed by atoms with Crippen LogP contribution in [0.3, 0.4) is 0 Å². The summed E-state index contributed by atoms with van der Waals surface area (Å²) in [6, 6.07) is 12.9. The molecule has 2 aromatic heterocycles. The zero-order chi connectivity index (χ0) is 17.1. The summed E-state index contributed by atoms with van der Waals surface area (Å²) in [5.74, 6) is 1.96. The summed E-state index contributed by atoms with van der Waals surface area (Å²) >= 11 is 3.38. The van der Waals surface area contributed by atoms with Crippen LogP contribution in [0.15, 0.2) is 60.9 Å².